The zero-order chi connectivity index (χ0) is 19.3. The number of thioether (sulfide) groups is 1. The van der Waals surface area contributed by atoms with Crippen LogP contribution in [0.2, 0.25) is 0 Å². The third-order valence-electron chi connectivity index (χ3n) is 5.29. The maximum Gasteiger partial charge on any atom is 0.254 e. The number of fused-ring (bicyclic) bond motifs is 1. The zero-order valence-electron chi connectivity index (χ0n) is 15.6. The van der Waals surface area contributed by atoms with E-state index >= 15 is 0 Å². The van der Waals surface area contributed by atoms with E-state index in [0.717, 1.165) is 42.9 Å². The summed E-state index contributed by atoms with van der Waals surface area (Å²) in [5, 5.41) is 8.83. The van der Waals surface area contributed by atoms with Crippen LogP contribution < -0.4 is 0 Å². The molecule has 0 aliphatic carbocycles. The van der Waals surface area contributed by atoms with E-state index in [1.165, 1.54) is 17.3 Å². The second-order valence-corrected chi connectivity index (χ2v) is 8.08. The molecule has 6 heteroatoms. The molecule has 4 rings (SSSR count). The highest BCUT2D eigenvalue weighted by Gasteiger charge is 2.25. The molecular weight excluding hydrogens is 368 g/mol. The first kappa shape index (κ1) is 18.6. The van der Waals surface area contributed by atoms with Crippen LogP contribution in [-0.4, -0.2) is 39.2 Å². The minimum absolute atomic E-state index is 0.0765. The van der Waals surface area contributed by atoms with Gasteiger partial charge in [0.25, 0.3) is 5.91 Å². The van der Waals surface area contributed by atoms with Gasteiger partial charge in [0, 0.05) is 24.5 Å². The van der Waals surface area contributed by atoms with Crippen LogP contribution in [0.5, 0.6) is 0 Å². The molecule has 5 nitrogen and oxygen atoms in total. The number of hydrogen-bond acceptors (Lipinski definition) is 4. The predicted molar refractivity (Wildman–Crippen MR) is 111 cm³/mol. The number of aromatic nitrogens is 2. The molecule has 0 spiro atoms. The summed E-state index contributed by atoms with van der Waals surface area (Å²) >= 11 is 1.42. The Morgan fingerprint density at radius 1 is 1.14 bits per heavy atom. The summed E-state index contributed by atoms with van der Waals surface area (Å²) in [7, 11) is 0. The van der Waals surface area contributed by atoms with Gasteiger partial charge in [0.05, 0.1) is 34.7 Å². The number of hydrogen-bond donors (Lipinski definition) is 0. The van der Waals surface area contributed by atoms with Crippen molar-refractivity contribution < 1.29 is 4.79 Å². The Labute approximate surface area is 169 Å². The summed E-state index contributed by atoms with van der Waals surface area (Å²) in [6.07, 6.45) is 3.91. The summed E-state index contributed by atoms with van der Waals surface area (Å²) in [4.78, 5) is 20.3. The van der Waals surface area contributed by atoms with Crippen molar-refractivity contribution in [3.63, 3.8) is 0 Å². The largest absolute Gasteiger partial charge is 0.339 e. The van der Waals surface area contributed by atoms with Crippen LogP contribution in [0.4, 0.5) is 0 Å². The van der Waals surface area contributed by atoms with Gasteiger partial charge in [-0.25, -0.2) is 4.98 Å². The highest BCUT2D eigenvalue weighted by Crippen LogP contribution is 2.27. The molecule has 1 aliphatic rings. The molecule has 2 heterocycles. The van der Waals surface area contributed by atoms with E-state index in [1.807, 2.05) is 53.7 Å². The molecule has 0 N–H and O–H groups in total. The number of rotatable bonds is 5. The number of piperidine rings is 1. The third kappa shape index (κ3) is 3.90. The first-order chi connectivity index (χ1) is 13.8. The fourth-order valence-electron chi connectivity index (χ4n) is 3.80. The summed E-state index contributed by atoms with van der Waals surface area (Å²) in [6, 6.07) is 17.9. The lowest BCUT2D eigenvalue weighted by atomic mass is 9.96. The minimum atomic E-state index is 0.0765. The van der Waals surface area contributed by atoms with E-state index in [-0.39, 0.29) is 5.91 Å². The topological polar surface area (TPSA) is 61.9 Å². The second-order valence-electron chi connectivity index (χ2n) is 7.06. The molecule has 0 radical (unpaired) electrons. The molecule has 0 bridgehead atoms. The van der Waals surface area contributed by atoms with E-state index in [4.69, 9.17) is 5.26 Å². The monoisotopic (exact) mass is 390 g/mol. The smallest absolute Gasteiger partial charge is 0.254 e. The van der Waals surface area contributed by atoms with Gasteiger partial charge in [-0.3, -0.25) is 4.79 Å². The Balaban J connectivity index is 1.39. The Hall–Kier alpha value is -2.78. The van der Waals surface area contributed by atoms with Gasteiger partial charge >= 0.3 is 0 Å². The molecule has 1 saturated heterocycles. The number of nitriles is 1. The van der Waals surface area contributed by atoms with Gasteiger partial charge in [-0.1, -0.05) is 24.3 Å². The summed E-state index contributed by atoms with van der Waals surface area (Å²) in [6.45, 7) is 2.48. The SMILES string of the molecule is N#CCSc1ccccc1C(=O)N1CCC(Cn2cnc3ccccc32)CC1. The maximum atomic E-state index is 13.0. The van der Waals surface area contributed by atoms with E-state index in [1.54, 1.807) is 0 Å². The lowest BCUT2D eigenvalue weighted by Gasteiger charge is -2.32. The summed E-state index contributed by atoms with van der Waals surface area (Å²) in [5.74, 6) is 0.975. The summed E-state index contributed by atoms with van der Waals surface area (Å²) < 4.78 is 2.23. The van der Waals surface area contributed by atoms with Crippen LogP contribution in [-0.2, 0) is 6.54 Å². The highest BCUT2D eigenvalue weighted by molar-refractivity contribution is 7.99. The fourth-order valence-corrected chi connectivity index (χ4v) is 4.51. The van der Waals surface area contributed by atoms with E-state index in [9.17, 15) is 4.79 Å². The van der Waals surface area contributed by atoms with Crippen LogP contribution in [0, 0.1) is 17.2 Å². The normalized spacial score (nSPS) is 14.9. The van der Waals surface area contributed by atoms with E-state index in [2.05, 4.69) is 21.7 Å². The van der Waals surface area contributed by atoms with Crippen molar-refractivity contribution in [1.29, 1.82) is 5.26 Å². The summed E-state index contributed by atoms with van der Waals surface area (Å²) in [5.41, 5.74) is 2.91. The molecule has 3 aromatic rings. The number of benzene rings is 2. The molecule has 28 heavy (non-hydrogen) atoms. The minimum Gasteiger partial charge on any atom is -0.339 e. The van der Waals surface area contributed by atoms with Crippen molar-refractivity contribution in [3.8, 4) is 6.07 Å². The third-order valence-corrected chi connectivity index (χ3v) is 6.23. The molecule has 0 saturated carbocycles. The Morgan fingerprint density at radius 3 is 2.71 bits per heavy atom. The first-order valence-electron chi connectivity index (χ1n) is 9.54. The van der Waals surface area contributed by atoms with Gasteiger partial charge in [0.1, 0.15) is 0 Å². The molecule has 0 atom stereocenters. The molecule has 142 valence electrons. The quantitative estimate of drug-likeness (QED) is 0.613. The molecule has 2 aromatic carbocycles. The molecule has 1 fully saturated rings. The lowest BCUT2D eigenvalue weighted by Crippen LogP contribution is -2.39. The second kappa shape index (κ2) is 8.49. The van der Waals surface area contributed by atoms with Gasteiger partial charge in [-0.2, -0.15) is 5.26 Å². The molecule has 0 unspecified atom stereocenters. The Kier molecular flexibility index (Phi) is 5.63. The van der Waals surface area contributed by atoms with Crippen LogP contribution in [0.1, 0.15) is 23.2 Å². The Morgan fingerprint density at radius 2 is 1.89 bits per heavy atom. The Bertz CT molecular complexity index is 1010. The molecule has 1 amide bonds. The first-order valence-corrected chi connectivity index (χ1v) is 10.5. The average molecular weight is 391 g/mol. The zero-order valence-corrected chi connectivity index (χ0v) is 16.4. The predicted octanol–water partition coefficient (Wildman–Crippen LogP) is 4.20. The number of imidazole rings is 1. The van der Waals surface area contributed by atoms with Gasteiger partial charge in [0.15, 0.2) is 0 Å². The average Bonchev–Trinajstić information content (AvgIpc) is 3.15. The van der Waals surface area contributed by atoms with Crippen molar-refractivity contribution in [3.05, 3.63) is 60.4 Å². The van der Waals surface area contributed by atoms with Crippen LogP contribution in [0.3, 0.4) is 0 Å². The number of para-hydroxylation sites is 2. The van der Waals surface area contributed by atoms with E-state index in [0.29, 0.717) is 17.2 Å². The van der Waals surface area contributed by atoms with Gasteiger partial charge in [-0.05, 0) is 43.0 Å². The van der Waals surface area contributed by atoms with Gasteiger partial charge < -0.3 is 9.47 Å². The van der Waals surface area contributed by atoms with Crippen molar-refractivity contribution >= 4 is 28.7 Å². The molecular formula is C22H22N4OS. The fraction of sp³-hybridized carbons (Fsp3) is 0.318. The highest BCUT2D eigenvalue weighted by atomic mass is 32.2. The van der Waals surface area contributed by atoms with Gasteiger partial charge in [-0.15, -0.1) is 11.8 Å². The number of nitrogens with zero attached hydrogens (tertiary/aromatic N) is 4. The van der Waals surface area contributed by atoms with Crippen LogP contribution in [0.15, 0.2) is 59.8 Å². The standard InChI is InChI=1S/C22H22N4OS/c23-11-14-28-21-8-4-1-5-18(21)22(27)25-12-9-17(10-13-25)15-26-16-24-19-6-2-3-7-20(19)26/h1-8,16-17H,9-10,12-15H2. The molecule has 1 aliphatic heterocycles. The van der Waals surface area contributed by atoms with Crippen molar-refractivity contribution in [2.45, 2.75) is 24.3 Å². The lowest BCUT2D eigenvalue weighted by molar-refractivity contribution is 0.0680. The van der Waals surface area contributed by atoms with Gasteiger partial charge in [0.2, 0.25) is 0 Å². The number of likely N-dealkylation sites (tertiary alicyclic amines) is 1. The van der Waals surface area contributed by atoms with Crippen LogP contribution in [0.25, 0.3) is 11.0 Å². The van der Waals surface area contributed by atoms with Crippen molar-refractivity contribution in [1.82, 2.24) is 14.5 Å². The molecule has 1 aromatic heterocycles. The van der Waals surface area contributed by atoms with Crippen molar-refractivity contribution in [2.24, 2.45) is 5.92 Å². The van der Waals surface area contributed by atoms with Crippen LogP contribution >= 0.6 is 11.8 Å². The number of amides is 1. The van der Waals surface area contributed by atoms with Crippen molar-refractivity contribution in [2.75, 3.05) is 18.8 Å². The number of carbonyl (C=O) groups excluding carboxylic acids is 1. The van der Waals surface area contributed by atoms with E-state index < -0.39 is 0 Å². The number of carbonyl (C=O) groups is 1. The maximum absolute atomic E-state index is 13.0.